The predicted molar refractivity (Wildman–Crippen MR) is 73.9 cm³/mol. The van der Waals surface area contributed by atoms with Gasteiger partial charge in [-0.3, -0.25) is 14.6 Å². The van der Waals surface area contributed by atoms with Gasteiger partial charge in [0, 0.05) is 38.3 Å². The fraction of sp³-hybridized carbons (Fsp3) is 0.500. The van der Waals surface area contributed by atoms with Gasteiger partial charge in [0.1, 0.15) is 5.75 Å². The van der Waals surface area contributed by atoms with Crippen LogP contribution in [0.4, 0.5) is 0 Å². The summed E-state index contributed by atoms with van der Waals surface area (Å²) < 4.78 is 5.36. The first-order valence-electron chi connectivity index (χ1n) is 6.54. The lowest BCUT2D eigenvalue weighted by Crippen LogP contribution is -2.48. The van der Waals surface area contributed by atoms with Crippen molar-refractivity contribution in [1.82, 2.24) is 9.80 Å². The van der Waals surface area contributed by atoms with E-state index < -0.39 is 0 Å². The molecule has 0 unspecified atom stereocenters. The summed E-state index contributed by atoms with van der Waals surface area (Å²) in [5.74, 6) is 0.681. The molecule has 0 atom stereocenters. The second kappa shape index (κ2) is 6.54. The first kappa shape index (κ1) is 13.8. The Morgan fingerprint density at radius 3 is 2.47 bits per heavy atom. The van der Waals surface area contributed by atoms with E-state index >= 15 is 0 Å². The van der Waals surface area contributed by atoms with Crippen LogP contribution in [-0.2, 0) is 11.3 Å². The summed E-state index contributed by atoms with van der Waals surface area (Å²) >= 11 is 0. The molecule has 1 saturated heterocycles. The number of carbonyl (C=O) groups is 1. The number of methoxy groups -OCH3 is 1. The van der Waals surface area contributed by atoms with Gasteiger partial charge in [0.15, 0.2) is 0 Å². The number of piperazine rings is 1. The first-order chi connectivity index (χ1) is 9.19. The molecular formula is C14H21N3O2. The molecule has 2 rings (SSSR count). The van der Waals surface area contributed by atoms with Crippen LogP contribution >= 0.6 is 0 Å². The Balaban J connectivity index is 1.87. The Morgan fingerprint density at radius 2 is 1.84 bits per heavy atom. The maximum atomic E-state index is 10.9. The van der Waals surface area contributed by atoms with Crippen LogP contribution in [0.1, 0.15) is 5.56 Å². The Hall–Kier alpha value is -1.59. The third-order valence-corrected chi connectivity index (χ3v) is 3.43. The van der Waals surface area contributed by atoms with Crippen molar-refractivity contribution in [2.75, 3.05) is 39.8 Å². The normalized spacial score (nSPS) is 17.3. The van der Waals surface area contributed by atoms with Gasteiger partial charge in [-0.15, -0.1) is 0 Å². The van der Waals surface area contributed by atoms with E-state index in [9.17, 15) is 4.79 Å². The summed E-state index contributed by atoms with van der Waals surface area (Å²) in [5, 5.41) is 0. The van der Waals surface area contributed by atoms with Crippen molar-refractivity contribution in [2.24, 2.45) is 5.73 Å². The largest absolute Gasteiger partial charge is 0.496 e. The smallest absolute Gasteiger partial charge is 0.231 e. The molecule has 1 aliphatic heterocycles. The average molecular weight is 263 g/mol. The second-order valence-corrected chi connectivity index (χ2v) is 4.83. The third-order valence-electron chi connectivity index (χ3n) is 3.43. The molecule has 0 saturated carbocycles. The van der Waals surface area contributed by atoms with Gasteiger partial charge in [-0.25, -0.2) is 0 Å². The van der Waals surface area contributed by atoms with E-state index in [1.807, 2.05) is 18.2 Å². The number of benzene rings is 1. The van der Waals surface area contributed by atoms with E-state index in [-0.39, 0.29) is 5.91 Å². The highest BCUT2D eigenvalue weighted by Gasteiger charge is 2.18. The van der Waals surface area contributed by atoms with Gasteiger partial charge in [-0.1, -0.05) is 18.2 Å². The standard InChI is InChI=1S/C14H21N3O2/c1-19-13-5-3-2-4-12(13)10-16-6-8-17(9-7-16)11-14(15)18/h2-5H,6-11H2,1H3,(H2,15,18). The summed E-state index contributed by atoms with van der Waals surface area (Å²) in [5.41, 5.74) is 6.41. The molecule has 0 aliphatic carbocycles. The summed E-state index contributed by atoms with van der Waals surface area (Å²) in [6.07, 6.45) is 0. The molecule has 1 fully saturated rings. The molecule has 0 spiro atoms. The van der Waals surface area contributed by atoms with Crippen molar-refractivity contribution in [2.45, 2.75) is 6.54 Å². The molecule has 2 N–H and O–H groups in total. The van der Waals surface area contributed by atoms with E-state index in [0.29, 0.717) is 6.54 Å². The van der Waals surface area contributed by atoms with Crippen molar-refractivity contribution in [3.8, 4) is 5.75 Å². The molecule has 104 valence electrons. The fourth-order valence-electron chi connectivity index (χ4n) is 2.40. The summed E-state index contributed by atoms with van der Waals surface area (Å²) in [6.45, 7) is 4.92. The van der Waals surface area contributed by atoms with Crippen LogP contribution in [-0.4, -0.2) is 55.5 Å². The number of rotatable bonds is 5. The highest BCUT2D eigenvalue weighted by atomic mass is 16.5. The number of ether oxygens (including phenoxy) is 1. The molecular weight excluding hydrogens is 242 g/mol. The number of nitrogens with zero attached hydrogens (tertiary/aromatic N) is 2. The van der Waals surface area contributed by atoms with E-state index in [2.05, 4.69) is 15.9 Å². The highest BCUT2D eigenvalue weighted by Crippen LogP contribution is 2.19. The monoisotopic (exact) mass is 263 g/mol. The molecule has 1 aliphatic rings. The lowest BCUT2D eigenvalue weighted by molar-refractivity contribution is -0.119. The van der Waals surface area contributed by atoms with Crippen LogP contribution in [0, 0.1) is 0 Å². The van der Waals surface area contributed by atoms with Crippen LogP contribution in [0.3, 0.4) is 0 Å². The SMILES string of the molecule is COc1ccccc1CN1CCN(CC(N)=O)CC1. The van der Waals surface area contributed by atoms with E-state index in [1.54, 1.807) is 7.11 Å². The van der Waals surface area contributed by atoms with Crippen molar-refractivity contribution in [1.29, 1.82) is 0 Å². The van der Waals surface area contributed by atoms with Gasteiger partial charge in [-0.2, -0.15) is 0 Å². The van der Waals surface area contributed by atoms with Gasteiger partial charge >= 0.3 is 0 Å². The number of carbonyl (C=O) groups excluding carboxylic acids is 1. The molecule has 0 bridgehead atoms. The molecule has 1 amide bonds. The van der Waals surface area contributed by atoms with Gasteiger partial charge in [-0.05, 0) is 6.07 Å². The van der Waals surface area contributed by atoms with Crippen LogP contribution in [0.25, 0.3) is 0 Å². The van der Waals surface area contributed by atoms with Gasteiger partial charge < -0.3 is 10.5 Å². The number of para-hydroxylation sites is 1. The van der Waals surface area contributed by atoms with E-state index in [4.69, 9.17) is 10.5 Å². The second-order valence-electron chi connectivity index (χ2n) is 4.83. The number of amides is 1. The number of hydrogen-bond acceptors (Lipinski definition) is 4. The summed E-state index contributed by atoms with van der Waals surface area (Å²) in [6, 6.07) is 8.08. The lowest BCUT2D eigenvalue weighted by atomic mass is 10.1. The van der Waals surface area contributed by atoms with Crippen LogP contribution in [0.2, 0.25) is 0 Å². The fourth-order valence-corrected chi connectivity index (χ4v) is 2.40. The molecule has 0 aromatic heterocycles. The molecule has 19 heavy (non-hydrogen) atoms. The molecule has 1 aromatic carbocycles. The van der Waals surface area contributed by atoms with Crippen LogP contribution in [0.5, 0.6) is 5.75 Å². The average Bonchev–Trinajstić information content (AvgIpc) is 2.41. The zero-order valence-electron chi connectivity index (χ0n) is 11.3. The predicted octanol–water partition coefficient (Wildman–Crippen LogP) is 0.298. The van der Waals surface area contributed by atoms with Crippen molar-refractivity contribution in [3.05, 3.63) is 29.8 Å². The number of hydrogen-bond donors (Lipinski definition) is 1. The van der Waals surface area contributed by atoms with Crippen molar-refractivity contribution < 1.29 is 9.53 Å². The molecule has 5 heteroatoms. The highest BCUT2D eigenvalue weighted by molar-refractivity contribution is 5.75. The quantitative estimate of drug-likeness (QED) is 0.830. The lowest BCUT2D eigenvalue weighted by Gasteiger charge is -2.34. The van der Waals surface area contributed by atoms with Gasteiger partial charge in [0.25, 0.3) is 0 Å². The topological polar surface area (TPSA) is 58.8 Å². The zero-order valence-corrected chi connectivity index (χ0v) is 11.3. The van der Waals surface area contributed by atoms with Crippen molar-refractivity contribution >= 4 is 5.91 Å². The minimum Gasteiger partial charge on any atom is -0.496 e. The maximum absolute atomic E-state index is 10.9. The first-order valence-corrected chi connectivity index (χ1v) is 6.54. The van der Waals surface area contributed by atoms with Crippen LogP contribution in [0.15, 0.2) is 24.3 Å². The van der Waals surface area contributed by atoms with Crippen molar-refractivity contribution in [3.63, 3.8) is 0 Å². The minimum atomic E-state index is -0.252. The van der Waals surface area contributed by atoms with Crippen LogP contribution < -0.4 is 10.5 Å². The number of nitrogens with two attached hydrogens (primary N) is 1. The molecule has 5 nitrogen and oxygen atoms in total. The van der Waals surface area contributed by atoms with E-state index in [0.717, 1.165) is 38.5 Å². The molecule has 0 radical (unpaired) electrons. The van der Waals surface area contributed by atoms with E-state index in [1.165, 1.54) is 5.56 Å². The summed E-state index contributed by atoms with van der Waals surface area (Å²) in [4.78, 5) is 15.3. The minimum absolute atomic E-state index is 0.252. The summed E-state index contributed by atoms with van der Waals surface area (Å²) in [7, 11) is 1.70. The van der Waals surface area contributed by atoms with Gasteiger partial charge in [0.05, 0.1) is 13.7 Å². The third kappa shape index (κ3) is 3.94. The number of primary amides is 1. The Kier molecular flexibility index (Phi) is 4.76. The Morgan fingerprint density at radius 1 is 1.21 bits per heavy atom. The Labute approximate surface area is 113 Å². The molecule has 1 heterocycles. The van der Waals surface area contributed by atoms with Gasteiger partial charge in [0.2, 0.25) is 5.91 Å². The Bertz CT molecular complexity index is 428. The maximum Gasteiger partial charge on any atom is 0.231 e. The molecule has 1 aromatic rings. The zero-order chi connectivity index (χ0) is 13.7.